The summed E-state index contributed by atoms with van der Waals surface area (Å²) in [5.41, 5.74) is 3.24. The molecule has 3 amide bonds. The first kappa shape index (κ1) is 20.6. The highest BCUT2D eigenvalue weighted by atomic mass is 79.9. The van der Waals surface area contributed by atoms with Crippen molar-refractivity contribution in [3.63, 3.8) is 0 Å². The van der Waals surface area contributed by atoms with Crippen LogP contribution < -0.4 is 10.6 Å². The second kappa shape index (κ2) is 9.32. The molecule has 0 fully saturated rings. The van der Waals surface area contributed by atoms with Gasteiger partial charge >= 0.3 is 0 Å². The molecule has 0 aliphatic rings. The van der Waals surface area contributed by atoms with Gasteiger partial charge < -0.3 is 15.5 Å². The van der Waals surface area contributed by atoms with Crippen LogP contribution in [0.25, 0.3) is 0 Å². The number of rotatable bonds is 6. The van der Waals surface area contributed by atoms with E-state index in [1.807, 2.05) is 38.1 Å². The molecule has 0 saturated carbocycles. The predicted molar refractivity (Wildman–Crippen MR) is 109 cm³/mol. The summed E-state index contributed by atoms with van der Waals surface area (Å²) in [4.78, 5) is 37.7. The first-order valence-electron chi connectivity index (χ1n) is 8.41. The minimum Gasteiger partial charge on any atom is -0.343 e. The average Bonchev–Trinajstić information content (AvgIpc) is 2.63. The normalized spacial score (nSPS) is 10.2. The van der Waals surface area contributed by atoms with Crippen LogP contribution in [0.3, 0.4) is 0 Å². The highest BCUT2D eigenvalue weighted by molar-refractivity contribution is 9.10. The average molecular weight is 432 g/mol. The molecule has 0 aliphatic heterocycles. The first-order chi connectivity index (χ1) is 12.8. The van der Waals surface area contributed by atoms with Crippen LogP contribution in [0.4, 0.5) is 5.69 Å². The Balaban J connectivity index is 1.85. The molecule has 7 heteroatoms. The lowest BCUT2D eigenvalue weighted by Crippen LogP contribution is -2.41. The summed E-state index contributed by atoms with van der Waals surface area (Å²) in [6.45, 7) is 3.61. The molecule has 0 spiro atoms. The fourth-order valence-corrected chi connectivity index (χ4v) is 2.80. The molecule has 0 radical (unpaired) electrons. The Bertz CT molecular complexity index is 867. The quantitative estimate of drug-likeness (QED) is 0.737. The van der Waals surface area contributed by atoms with Crippen LogP contribution in [0.2, 0.25) is 0 Å². The SMILES string of the molecule is Cc1cccc(NC(=O)CN(C)C(=O)CNC(=O)c2cccc(Br)c2)c1C. The Morgan fingerprint density at radius 3 is 2.48 bits per heavy atom. The third-order valence-electron chi connectivity index (χ3n) is 4.17. The third kappa shape index (κ3) is 5.92. The van der Waals surface area contributed by atoms with Crippen LogP contribution in [-0.4, -0.2) is 42.8 Å². The second-order valence-corrected chi connectivity index (χ2v) is 7.15. The van der Waals surface area contributed by atoms with Crippen LogP contribution in [0.5, 0.6) is 0 Å². The van der Waals surface area contributed by atoms with Crippen molar-refractivity contribution < 1.29 is 14.4 Å². The standard InChI is InChI=1S/C20H22BrN3O3/c1-13-6-4-9-17(14(13)2)23-18(25)12-24(3)19(26)11-22-20(27)15-7-5-8-16(21)10-15/h4-10H,11-12H2,1-3H3,(H,22,27)(H,23,25). The molecule has 2 aromatic rings. The molecule has 6 nitrogen and oxygen atoms in total. The molecule has 0 heterocycles. The van der Waals surface area contributed by atoms with E-state index in [-0.39, 0.29) is 30.8 Å². The summed E-state index contributed by atoms with van der Waals surface area (Å²) in [7, 11) is 1.52. The van der Waals surface area contributed by atoms with Gasteiger partial charge in [-0.2, -0.15) is 0 Å². The fourth-order valence-electron chi connectivity index (χ4n) is 2.40. The first-order valence-corrected chi connectivity index (χ1v) is 9.21. The molecule has 2 aromatic carbocycles. The van der Waals surface area contributed by atoms with Crippen molar-refractivity contribution in [2.24, 2.45) is 0 Å². The zero-order valence-electron chi connectivity index (χ0n) is 15.5. The van der Waals surface area contributed by atoms with E-state index < -0.39 is 0 Å². The van der Waals surface area contributed by atoms with Gasteiger partial charge in [0.2, 0.25) is 11.8 Å². The van der Waals surface area contributed by atoms with Crippen LogP contribution in [0.1, 0.15) is 21.5 Å². The monoisotopic (exact) mass is 431 g/mol. The number of hydrogen-bond donors (Lipinski definition) is 2. The van der Waals surface area contributed by atoms with Gasteiger partial charge in [0.15, 0.2) is 0 Å². The minimum atomic E-state index is -0.352. The lowest BCUT2D eigenvalue weighted by Gasteiger charge is -2.18. The van der Waals surface area contributed by atoms with Gasteiger partial charge in [0.25, 0.3) is 5.91 Å². The summed E-state index contributed by atoms with van der Waals surface area (Å²) in [6.07, 6.45) is 0. The molecular formula is C20H22BrN3O3. The molecule has 0 bridgehead atoms. The Kier molecular flexibility index (Phi) is 7.12. The predicted octanol–water partition coefficient (Wildman–Crippen LogP) is 2.89. The molecule has 142 valence electrons. The van der Waals surface area contributed by atoms with E-state index in [1.165, 1.54) is 11.9 Å². The second-order valence-electron chi connectivity index (χ2n) is 6.24. The van der Waals surface area contributed by atoms with Crippen LogP contribution in [0, 0.1) is 13.8 Å². The molecular weight excluding hydrogens is 410 g/mol. The Morgan fingerprint density at radius 2 is 1.78 bits per heavy atom. The largest absolute Gasteiger partial charge is 0.343 e. The molecule has 0 saturated heterocycles. The van der Waals surface area contributed by atoms with E-state index in [2.05, 4.69) is 26.6 Å². The highest BCUT2D eigenvalue weighted by Gasteiger charge is 2.15. The molecule has 0 aromatic heterocycles. The summed E-state index contributed by atoms with van der Waals surface area (Å²) >= 11 is 3.30. The van der Waals surface area contributed by atoms with E-state index in [4.69, 9.17) is 0 Å². The summed E-state index contributed by atoms with van der Waals surface area (Å²) in [5.74, 6) is -0.995. The maximum Gasteiger partial charge on any atom is 0.251 e. The van der Waals surface area contributed by atoms with Crippen molar-refractivity contribution in [2.45, 2.75) is 13.8 Å². The van der Waals surface area contributed by atoms with E-state index in [0.717, 1.165) is 21.3 Å². The van der Waals surface area contributed by atoms with Gasteiger partial charge in [0.05, 0.1) is 13.1 Å². The van der Waals surface area contributed by atoms with E-state index in [0.29, 0.717) is 5.56 Å². The van der Waals surface area contributed by atoms with Crippen molar-refractivity contribution >= 4 is 39.3 Å². The van der Waals surface area contributed by atoms with Crippen LogP contribution >= 0.6 is 15.9 Å². The summed E-state index contributed by atoms with van der Waals surface area (Å²) < 4.78 is 0.779. The van der Waals surface area contributed by atoms with Gasteiger partial charge in [-0.25, -0.2) is 0 Å². The number of benzene rings is 2. The molecule has 0 atom stereocenters. The topological polar surface area (TPSA) is 78.5 Å². The van der Waals surface area contributed by atoms with Crippen LogP contribution in [-0.2, 0) is 9.59 Å². The van der Waals surface area contributed by atoms with Crippen molar-refractivity contribution in [3.8, 4) is 0 Å². The van der Waals surface area contributed by atoms with Gasteiger partial charge in [-0.3, -0.25) is 14.4 Å². The van der Waals surface area contributed by atoms with Crippen LogP contribution in [0.15, 0.2) is 46.9 Å². The number of amides is 3. The van der Waals surface area contributed by atoms with E-state index in [1.54, 1.807) is 18.2 Å². The van der Waals surface area contributed by atoms with Gasteiger partial charge in [0.1, 0.15) is 0 Å². The number of carbonyl (C=O) groups is 3. The Labute approximate surface area is 167 Å². The number of anilines is 1. The minimum absolute atomic E-state index is 0.0982. The smallest absolute Gasteiger partial charge is 0.251 e. The zero-order valence-corrected chi connectivity index (χ0v) is 17.1. The number of carbonyl (C=O) groups excluding carboxylic acids is 3. The van der Waals surface area contributed by atoms with Crippen molar-refractivity contribution in [1.29, 1.82) is 0 Å². The van der Waals surface area contributed by atoms with Crippen molar-refractivity contribution in [1.82, 2.24) is 10.2 Å². The number of aryl methyl sites for hydroxylation is 1. The maximum atomic E-state index is 12.2. The van der Waals surface area contributed by atoms with Gasteiger partial charge in [-0.05, 0) is 49.2 Å². The third-order valence-corrected chi connectivity index (χ3v) is 4.67. The molecule has 2 N–H and O–H groups in total. The molecule has 0 unspecified atom stereocenters. The van der Waals surface area contributed by atoms with Gasteiger partial charge in [-0.1, -0.05) is 34.1 Å². The van der Waals surface area contributed by atoms with Gasteiger partial charge in [-0.15, -0.1) is 0 Å². The number of nitrogens with zero attached hydrogens (tertiary/aromatic N) is 1. The van der Waals surface area contributed by atoms with Crippen molar-refractivity contribution in [3.05, 3.63) is 63.6 Å². The Hall–Kier alpha value is -2.67. The number of hydrogen-bond acceptors (Lipinski definition) is 3. The van der Waals surface area contributed by atoms with Gasteiger partial charge in [0, 0.05) is 22.8 Å². The summed E-state index contributed by atoms with van der Waals surface area (Å²) in [5, 5.41) is 5.37. The molecule has 27 heavy (non-hydrogen) atoms. The summed E-state index contributed by atoms with van der Waals surface area (Å²) in [6, 6.07) is 12.5. The Morgan fingerprint density at radius 1 is 1.07 bits per heavy atom. The number of halogens is 1. The van der Waals surface area contributed by atoms with Crippen molar-refractivity contribution in [2.75, 3.05) is 25.5 Å². The fraction of sp³-hybridized carbons (Fsp3) is 0.250. The lowest BCUT2D eigenvalue weighted by molar-refractivity contribution is -0.132. The highest BCUT2D eigenvalue weighted by Crippen LogP contribution is 2.17. The number of nitrogens with one attached hydrogen (secondary N) is 2. The molecule has 0 aliphatic carbocycles. The van der Waals surface area contributed by atoms with E-state index in [9.17, 15) is 14.4 Å². The lowest BCUT2D eigenvalue weighted by atomic mass is 10.1. The zero-order chi connectivity index (χ0) is 20.0. The number of likely N-dealkylation sites (N-methyl/N-ethyl adjacent to an activating group) is 1. The molecule has 2 rings (SSSR count). The maximum absolute atomic E-state index is 12.2. The van der Waals surface area contributed by atoms with E-state index >= 15 is 0 Å².